The van der Waals surface area contributed by atoms with E-state index in [1.807, 2.05) is 6.26 Å². The molecule has 0 aromatic carbocycles. The van der Waals surface area contributed by atoms with E-state index in [1.54, 1.807) is 18.7 Å². The predicted octanol–water partition coefficient (Wildman–Crippen LogP) is 1.39. The number of aromatic nitrogens is 2. The summed E-state index contributed by atoms with van der Waals surface area (Å²) in [6, 6.07) is 0. The van der Waals surface area contributed by atoms with Gasteiger partial charge in [-0.15, -0.1) is 0 Å². The summed E-state index contributed by atoms with van der Waals surface area (Å²) in [6.45, 7) is 2.09. The van der Waals surface area contributed by atoms with Crippen LogP contribution in [0, 0.1) is 6.92 Å². The largest absolute Gasteiger partial charge is 0.329 e. The first-order valence-corrected chi connectivity index (χ1v) is 6.64. The normalized spacial score (nSPS) is 17.4. The maximum atomic E-state index is 11.9. The molecule has 1 aliphatic carbocycles. The molecular weight excluding hydrogens is 248 g/mol. The third-order valence-corrected chi connectivity index (χ3v) is 4.83. The van der Waals surface area contributed by atoms with Gasteiger partial charge in [0.1, 0.15) is 5.15 Å². The van der Waals surface area contributed by atoms with E-state index in [2.05, 4.69) is 4.98 Å². The van der Waals surface area contributed by atoms with Crippen LogP contribution in [0.2, 0.25) is 5.15 Å². The van der Waals surface area contributed by atoms with Crippen LogP contribution in [0.3, 0.4) is 0 Å². The van der Waals surface area contributed by atoms with Gasteiger partial charge in [-0.2, -0.15) is 11.8 Å². The van der Waals surface area contributed by atoms with Gasteiger partial charge in [0.15, 0.2) is 0 Å². The Labute approximate surface area is 102 Å². The average molecular weight is 261 g/mol. The summed E-state index contributed by atoms with van der Waals surface area (Å²) in [4.78, 5) is 26.0. The molecule has 0 bridgehead atoms. The van der Waals surface area contributed by atoms with Crippen LogP contribution in [0.25, 0.3) is 0 Å². The first kappa shape index (κ1) is 11.8. The second-order valence-electron chi connectivity index (χ2n) is 4.15. The van der Waals surface area contributed by atoms with Crippen molar-refractivity contribution >= 4 is 23.4 Å². The van der Waals surface area contributed by atoms with Crippen LogP contribution < -0.4 is 11.2 Å². The van der Waals surface area contributed by atoms with Crippen LogP contribution in [0.1, 0.15) is 18.4 Å². The van der Waals surface area contributed by atoms with E-state index < -0.39 is 5.69 Å². The number of rotatable bonds is 3. The summed E-state index contributed by atoms with van der Waals surface area (Å²) in [5.74, 6) is 0. The van der Waals surface area contributed by atoms with Gasteiger partial charge in [0.05, 0.1) is 0 Å². The van der Waals surface area contributed by atoms with Crippen molar-refractivity contribution in [1.29, 1.82) is 0 Å². The number of nitrogens with zero attached hydrogens (tertiary/aromatic N) is 1. The van der Waals surface area contributed by atoms with Crippen LogP contribution >= 0.6 is 23.4 Å². The molecule has 0 unspecified atom stereocenters. The highest BCUT2D eigenvalue weighted by atomic mass is 35.5. The molecule has 16 heavy (non-hydrogen) atoms. The minimum Gasteiger partial charge on any atom is -0.297 e. The van der Waals surface area contributed by atoms with Crippen molar-refractivity contribution in [3.63, 3.8) is 0 Å². The molecule has 1 heterocycles. The average Bonchev–Trinajstić information content (AvgIpc) is 3.02. The monoisotopic (exact) mass is 260 g/mol. The van der Waals surface area contributed by atoms with Crippen molar-refractivity contribution in [2.45, 2.75) is 31.1 Å². The second kappa shape index (κ2) is 3.96. The van der Waals surface area contributed by atoms with Crippen LogP contribution in [-0.4, -0.2) is 20.6 Å². The lowest BCUT2D eigenvalue weighted by Crippen LogP contribution is -2.39. The van der Waals surface area contributed by atoms with Gasteiger partial charge in [0.2, 0.25) is 0 Å². The zero-order valence-corrected chi connectivity index (χ0v) is 10.7. The molecular formula is C10H13ClN2O2S. The topological polar surface area (TPSA) is 54.9 Å². The first-order valence-electron chi connectivity index (χ1n) is 5.03. The van der Waals surface area contributed by atoms with E-state index in [1.165, 1.54) is 4.57 Å². The number of hydrogen-bond donors (Lipinski definition) is 1. The lowest BCUT2D eigenvalue weighted by atomic mass is 10.3. The Kier molecular flexibility index (Phi) is 2.92. The predicted molar refractivity (Wildman–Crippen MR) is 66.5 cm³/mol. The Morgan fingerprint density at radius 3 is 2.62 bits per heavy atom. The summed E-state index contributed by atoms with van der Waals surface area (Å²) < 4.78 is 1.34. The molecule has 1 fully saturated rings. The molecule has 4 nitrogen and oxygen atoms in total. The second-order valence-corrected chi connectivity index (χ2v) is 5.80. The van der Waals surface area contributed by atoms with Gasteiger partial charge in [-0.05, 0) is 26.0 Å². The van der Waals surface area contributed by atoms with Gasteiger partial charge in [0, 0.05) is 16.9 Å². The minimum atomic E-state index is -0.416. The maximum absolute atomic E-state index is 11.9. The molecule has 0 radical (unpaired) electrons. The lowest BCUT2D eigenvalue weighted by Gasteiger charge is -2.13. The Balaban J connectivity index is 2.46. The van der Waals surface area contributed by atoms with E-state index in [4.69, 9.17) is 11.6 Å². The van der Waals surface area contributed by atoms with Crippen molar-refractivity contribution < 1.29 is 0 Å². The van der Waals surface area contributed by atoms with E-state index in [0.29, 0.717) is 12.1 Å². The highest BCUT2D eigenvalue weighted by molar-refractivity contribution is 8.00. The lowest BCUT2D eigenvalue weighted by molar-refractivity contribution is 0.597. The standard InChI is InChI=1S/C10H13ClN2O2S/c1-6-7(11)12-9(15)13(8(6)14)5-10(16-2)3-4-10/h3-5H2,1-2H3,(H,12,15). The van der Waals surface area contributed by atoms with Crippen molar-refractivity contribution in [3.8, 4) is 0 Å². The van der Waals surface area contributed by atoms with Crippen molar-refractivity contribution in [1.82, 2.24) is 9.55 Å². The number of thioether (sulfide) groups is 1. The van der Waals surface area contributed by atoms with Gasteiger partial charge < -0.3 is 0 Å². The number of halogens is 1. The van der Waals surface area contributed by atoms with E-state index in [9.17, 15) is 9.59 Å². The highest BCUT2D eigenvalue weighted by Gasteiger charge is 2.42. The van der Waals surface area contributed by atoms with Crippen LogP contribution in [0.15, 0.2) is 9.59 Å². The van der Waals surface area contributed by atoms with Gasteiger partial charge in [-0.3, -0.25) is 14.3 Å². The number of hydrogen-bond acceptors (Lipinski definition) is 3. The fraction of sp³-hybridized carbons (Fsp3) is 0.600. The van der Waals surface area contributed by atoms with Gasteiger partial charge in [-0.25, -0.2) is 4.79 Å². The molecule has 6 heteroatoms. The highest BCUT2D eigenvalue weighted by Crippen LogP contribution is 2.47. The molecule has 0 saturated heterocycles. The molecule has 0 aliphatic heterocycles. The van der Waals surface area contributed by atoms with Crippen molar-refractivity contribution in [2.24, 2.45) is 0 Å². The fourth-order valence-electron chi connectivity index (χ4n) is 1.64. The van der Waals surface area contributed by atoms with Gasteiger partial charge in [0.25, 0.3) is 5.56 Å². The molecule has 0 atom stereocenters. The Hall–Kier alpha value is -0.680. The summed E-state index contributed by atoms with van der Waals surface area (Å²) in [7, 11) is 0. The molecule has 1 aromatic rings. The quantitative estimate of drug-likeness (QED) is 0.836. The summed E-state index contributed by atoms with van der Waals surface area (Å²) >= 11 is 7.45. The molecule has 1 N–H and O–H groups in total. The molecule has 1 aromatic heterocycles. The Bertz CT molecular complexity index is 531. The molecule has 1 aliphatic rings. The van der Waals surface area contributed by atoms with E-state index in [-0.39, 0.29) is 15.5 Å². The first-order chi connectivity index (χ1) is 7.49. The summed E-state index contributed by atoms with van der Waals surface area (Å²) in [5.41, 5.74) is -0.298. The smallest absolute Gasteiger partial charge is 0.297 e. The van der Waals surface area contributed by atoms with Gasteiger partial charge >= 0.3 is 5.69 Å². The summed E-state index contributed by atoms with van der Waals surface area (Å²) in [5, 5.41) is 0.139. The summed E-state index contributed by atoms with van der Waals surface area (Å²) in [6.07, 6.45) is 4.12. The molecule has 2 rings (SSSR count). The zero-order valence-electron chi connectivity index (χ0n) is 9.17. The number of aromatic amines is 1. The van der Waals surface area contributed by atoms with Crippen molar-refractivity contribution in [2.75, 3.05) is 6.26 Å². The maximum Gasteiger partial charge on any atom is 0.329 e. The molecule has 0 amide bonds. The van der Waals surface area contributed by atoms with Crippen LogP contribution in [0.5, 0.6) is 0 Å². The van der Waals surface area contributed by atoms with Crippen molar-refractivity contribution in [3.05, 3.63) is 31.6 Å². The molecule has 0 spiro atoms. The fourth-order valence-corrected chi connectivity index (χ4v) is 2.57. The van der Waals surface area contributed by atoms with E-state index >= 15 is 0 Å². The number of nitrogens with one attached hydrogen (secondary N) is 1. The minimum absolute atomic E-state index is 0.0805. The SMILES string of the molecule is CSC1(Cn2c(=O)[nH]c(Cl)c(C)c2=O)CC1. The Morgan fingerprint density at radius 2 is 2.12 bits per heavy atom. The zero-order chi connectivity index (χ0) is 11.9. The third-order valence-electron chi connectivity index (χ3n) is 3.04. The molecule has 88 valence electrons. The van der Waals surface area contributed by atoms with Crippen LogP contribution in [-0.2, 0) is 6.54 Å². The van der Waals surface area contributed by atoms with E-state index in [0.717, 1.165) is 12.8 Å². The Morgan fingerprint density at radius 1 is 1.50 bits per heavy atom. The van der Waals surface area contributed by atoms with Crippen LogP contribution in [0.4, 0.5) is 0 Å². The third kappa shape index (κ3) is 1.94. The molecule has 1 saturated carbocycles. The van der Waals surface area contributed by atoms with Gasteiger partial charge in [-0.1, -0.05) is 11.6 Å². The number of H-pyrrole nitrogens is 1.